The summed E-state index contributed by atoms with van der Waals surface area (Å²) in [6.45, 7) is 2.15. The third kappa shape index (κ3) is 6.02. The van der Waals surface area contributed by atoms with Gasteiger partial charge in [-0.05, 0) is 53.8 Å². The number of hydrogen-bond donors (Lipinski definition) is 0. The smallest absolute Gasteiger partial charge is 0.343 e. The number of esters is 1. The van der Waals surface area contributed by atoms with E-state index in [1.165, 1.54) is 55.1 Å². The lowest BCUT2D eigenvalue weighted by Crippen LogP contribution is -2.08. The standard InChI is InChI=1S/C31H27F3O3/c1-3-4-5-6-20-7-9-21(10-8-20)25-16-17-26(30(34)29(25)33)22-11-13-23(14-12-22)31(35)37-24-15-18-28(36-2)27(32)19-24/h7-19H,3-6H2,1-2H3. The van der Waals surface area contributed by atoms with Crippen molar-refractivity contribution in [2.45, 2.75) is 32.6 Å². The number of hydrogen-bond acceptors (Lipinski definition) is 3. The molecule has 0 saturated heterocycles. The fourth-order valence-electron chi connectivity index (χ4n) is 4.09. The summed E-state index contributed by atoms with van der Waals surface area (Å²) in [5, 5.41) is 0. The second kappa shape index (κ2) is 11.8. The number of carbonyl (C=O) groups is 1. The Kier molecular flexibility index (Phi) is 8.29. The first-order valence-electron chi connectivity index (χ1n) is 12.1. The first kappa shape index (κ1) is 26.0. The summed E-state index contributed by atoms with van der Waals surface area (Å²) in [7, 11) is 1.33. The molecule has 0 aliphatic rings. The van der Waals surface area contributed by atoms with Crippen molar-refractivity contribution in [3.8, 4) is 33.8 Å². The average molecular weight is 505 g/mol. The van der Waals surface area contributed by atoms with Crippen LogP contribution in [0.25, 0.3) is 22.3 Å². The third-order valence-corrected chi connectivity index (χ3v) is 6.18. The molecule has 4 aromatic carbocycles. The Hall–Kier alpha value is -4.06. The molecule has 0 atom stereocenters. The van der Waals surface area contributed by atoms with E-state index in [0.717, 1.165) is 31.7 Å². The number of unbranched alkanes of at least 4 members (excludes halogenated alkanes) is 2. The predicted octanol–water partition coefficient (Wildman–Crippen LogP) is 8.40. The first-order chi connectivity index (χ1) is 17.9. The highest BCUT2D eigenvalue weighted by Crippen LogP contribution is 2.32. The zero-order valence-electron chi connectivity index (χ0n) is 20.7. The number of halogens is 3. The molecule has 0 aromatic heterocycles. The number of aryl methyl sites for hydroxylation is 1. The quantitative estimate of drug-likeness (QED) is 0.130. The fourth-order valence-corrected chi connectivity index (χ4v) is 4.09. The number of benzene rings is 4. The summed E-state index contributed by atoms with van der Waals surface area (Å²) < 4.78 is 54.0. The molecule has 0 N–H and O–H groups in total. The van der Waals surface area contributed by atoms with Gasteiger partial charge >= 0.3 is 5.97 Å². The number of methoxy groups -OCH3 is 1. The van der Waals surface area contributed by atoms with E-state index in [1.54, 1.807) is 6.07 Å². The minimum atomic E-state index is -0.964. The molecule has 0 bridgehead atoms. The molecule has 0 spiro atoms. The molecular formula is C31H27F3O3. The monoisotopic (exact) mass is 504 g/mol. The summed E-state index contributed by atoms with van der Waals surface area (Å²) >= 11 is 0. The molecular weight excluding hydrogens is 477 g/mol. The van der Waals surface area contributed by atoms with Crippen molar-refractivity contribution >= 4 is 5.97 Å². The lowest BCUT2D eigenvalue weighted by Gasteiger charge is -2.11. The van der Waals surface area contributed by atoms with Crippen molar-refractivity contribution in [3.05, 3.63) is 107 Å². The largest absolute Gasteiger partial charge is 0.494 e. The van der Waals surface area contributed by atoms with Crippen molar-refractivity contribution in [1.82, 2.24) is 0 Å². The maximum atomic E-state index is 15.1. The Balaban J connectivity index is 1.49. The average Bonchev–Trinajstić information content (AvgIpc) is 2.91. The van der Waals surface area contributed by atoms with Gasteiger partial charge in [0, 0.05) is 17.2 Å². The van der Waals surface area contributed by atoms with Crippen molar-refractivity contribution in [1.29, 1.82) is 0 Å². The second-order valence-electron chi connectivity index (χ2n) is 8.71. The summed E-state index contributed by atoms with van der Waals surface area (Å²) in [6.07, 6.45) is 4.37. The Morgan fingerprint density at radius 1 is 0.757 bits per heavy atom. The van der Waals surface area contributed by atoms with Crippen molar-refractivity contribution < 1.29 is 27.4 Å². The molecule has 3 nitrogen and oxygen atoms in total. The maximum Gasteiger partial charge on any atom is 0.343 e. The molecule has 0 aliphatic heterocycles. The van der Waals surface area contributed by atoms with Crippen LogP contribution < -0.4 is 9.47 Å². The van der Waals surface area contributed by atoms with Crippen LogP contribution >= 0.6 is 0 Å². The summed E-state index contributed by atoms with van der Waals surface area (Å²) in [5.41, 5.74) is 2.63. The van der Waals surface area contributed by atoms with Crippen molar-refractivity contribution in [2.75, 3.05) is 7.11 Å². The van der Waals surface area contributed by atoms with Crippen molar-refractivity contribution in [2.24, 2.45) is 0 Å². The minimum absolute atomic E-state index is 0.0186. The second-order valence-corrected chi connectivity index (χ2v) is 8.71. The molecule has 0 aliphatic carbocycles. The van der Waals surface area contributed by atoms with Crippen LogP contribution in [0.4, 0.5) is 13.2 Å². The Labute approximate surface area is 214 Å². The Morgan fingerprint density at radius 2 is 1.35 bits per heavy atom. The molecule has 0 radical (unpaired) electrons. The van der Waals surface area contributed by atoms with E-state index in [4.69, 9.17) is 9.47 Å². The SMILES string of the molecule is CCCCCc1ccc(-c2ccc(-c3ccc(C(=O)Oc4ccc(OC)c(F)c4)cc3)c(F)c2F)cc1. The van der Waals surface area contributed by atoms with Crippen LogP contribution in [-0.2, 0) is 6.42 Å². The molecule has 0 heterocycles. The minimum Gasteiger partial charge on any atom is -0.494 e. The van der Waals surface area contributed by atoms with E-state index in [1.807, 2.05) is 24.3 Å². The van der Waals surface area contributed by atoms with Gasteiger partial charge in [-0.1, -0.05) is 68.3 Å². The van der Waals surface area contributed by atoms with Crippen LogP contribution in [0.15, 0.2) is 78.9 Å². The van der Waals surface area contributed by atoms with Gasteiger partial charge in [0.25, 0.3) is 0 Å². The highest BCUT2D eigenvalue weighted by atomic mass is 19.2. The van der Waals surface area contributed by atoms with Crippen LogP contribution in [0, 0.1) is 17.5 Å². The van der Waals surface area contributed by atoms with Gasteiger partial charge in [-0.25, -0.2) is 18.0 Å². The summed E-state index contributed by atoms with van der Waals surface area (Å²) in [5.74, 6) is -3.22. The topological polar surface area (TPSA) is 35.5 Å². The molecule has 4 rings (SSSR count). The van der Waals surface area contributed by atoms with Crippen LogP contribution in [0.5, 0.6) is 11.5 Å². The lowest BCUT2D eigenvalue weighted by atomic mass is 9.97. The first-order valence-corrected chi connectivity index (χ1v) is 12.1. The molecule has 190 valence electrons. The van der Waals surface area contributed by atoms with E-state index in [9.17, 15) is 9.18 Å². The van der Waals surface area contributed by atoms with Gasteiger partial charge in [-0.2, -0.15) is 0 Å². The molecule has 37 heavy (non-hydrogen) atoms. The maximum absolute atomic E-state index is 15.1. The van der Waals surface area contributed by atoms with E-state index in [-0.39, 0.29) is 28.2 Å². The highest BCUT2D eigenvalue weighted by molar-refractivity contribution is 5.91. The molecule has 4 aromatic rings. The van der Waals surface area contributed by atoms with E-state index >= 15 is 8.78 Å². The van der Waals surface area contributed by atoms with E-state index < -0.39 is 23.4 Å². The number of rotatable bonds is 9. The van der Waals surface area contributed by atoms with E-state index in [0.29, 0.717) is 11.1 Å². The Bertz CT molecular complexity index is 1380. The highest BCUT2D eigenvalue weighted by Gasteiger charge is 2.17. The van der Waals surface area contributed by atoms with Crippen LogP contribution in [0.3, 0.4) is 0 Å². The molecule has 0 fully saturated rings. The van der Waals surface area contributed by atoms with Gasteiger partial charge in [-0.15, -0.1) is 0 Å². The van der Waals surface area contributed by atoms with Gasteiger partial charge in [0.05, 0.1) is 12.7 Å². The zero-order chi connectivity index (χ0) is 26.4. The van der Waals surface area contributed by atoms with Gasteiger partial charge in [0.2, 0.25) is 0 Å². The normalized spacial score (nSPS) is 10.8. The molecule has 0 amide bonds. The number of ether oxygens (including phenoxy) is 2. The van der Waals surface area contributed by atoms with Gasteiger partial charge in [-0.3, -0.25) is 0 Å². The Morgan fingerprint density at radius 3 is 1.89 bits per heavy atom. The van der Waals surface area contributed by atoms with Gasteiger partial charge < -0.3 is 9.47 Å². The van der Waals surface area contributed by atoms with Crippen LogP contribution in [0.2, 0.25) is 0 Å². The lowest BCUT2D eigenvalue weighted by molar-refractivity contribution is 0.0734. The molecule has 0 saturated carbocycles. The van der Waals surface area contributed by atoms with Crippen molar-refractivity contribution in [3.63, 3.8) is 0 Å². The predicted molar refractivity (Wildman–Crippen MR) is 138 cm³/mol. The summed E-state index contributed by atoms with van der Waals surface area (Å²) in [6, 6.07) is 20.3. The van der Waals surface area contributed by atoms with Gasteiger partial charge in [0.15, 0.2) is 23.2 Å². The third-order valence-electron chi connectivity index (χ3n) is 6.18. The van der Waals surface area contributed by atoms with Gasteiger partial charge in [0.1, 0.15) is 5.75 Å². The zero-order valence-corrected chi connectivity index (χ0v) is 20.7. The van der Waals surface area contributed by atoms with Crippen LogP contribution in [-0.4, -0.2) is 13.1 Å². The molecule has 0 unspecified atom stereocenters. The fraction of sp³-hybridized carbons (Fsp3) is 0.194. The number of carbonyl (C=O) groups excluding carboxylic acids is 1. The van der Waals surface area contributed by atoms with Crippen LogP contribution in [0.1, 0.15) is 42.1 Å². The summed E-state index contributed by atoms with van der Waals surface area (Å²) in [4.78, 5) is 12.4. The van der Waals surface area contributed by atoms with E-state index in [2.05, 4.69) is 6.92 Å². The molecule has 6 heteroatoms.